The molecule has 0 aliphatic carbocycles. The van der Waals surface area contributed by atoms with Crippen molar-refractivity contribution in [2.24, 2.45) is 0 Å². The van der Waals surface area contributed by atoms with Crippen molar-refractivity contribution in [3.05, 3.63) is 36.1 Å². The van der Waals surface area contributed by atoms with Crippen LogP contribution in [-0.4, -0.2) is 29.0 Å². The fraction of sp³-hybridized carbons (Fsp3) is 0.364. The van der Waals surface area contributed by atoms with E-state index in [0.29, 0.717) is 0 Å². The SMILES string of the molecule is [B-][P+](C)(C)[CH-][Si](C)(C)c1ccccc1.[Li+]. The van der Waals surface area contributed by atoms with E-state index >= 15 is 0 Å². The van der Waals surface area contributed by atoms with Crippen LogP contribution in [0.2, 0.25) is 13.1 Å². The molecule has 0 atom stereocenters. The number of hydrogen-bond acceptors (Lipinski definition) is 0. The van der Waals surface area contributed by atoms with Crippen molar-refractivity contribution in [3.8, 4) is 0 Å². The predicted octanol–water partition coefficient (Wildman–Crippen LogP) is -0.332. The Morgan fingerprint density at radius 1 is 1.13 bits per heavy atom. The van der Waals surface area contributed by atoms with Gasteiger partial charge in [0.05, 0.1) is 0 Å². The van der Waals surface area contributed by atoms with Gasteiger partial charge in [-0.3, -0.25) is 0 Å². The Kier molecular flexibility index (Phi) is 5.94. The topological polar surface area (TPSA) is 0 Å². The average molecular weight is 227 g/mol. The van der Waals surface area contributed by atoms with Crippen molar-refractivity contribution in [3.63, 3.8) is 0 Å². The molecule has 0 bridgehead atoms. The van der Waals surface area contributed by atoms with Crippen LogP contribution in [0.3, 0.4) is 0 Å². The van der Waals surface area contributed by atoms with Gasteiger partial charge in [0.2, 0.25) is 0 Å². The summed E-state index contributed by atoms with van der Waals surface area (Å²) in [4.78, 5) is 0. The summed E-state index contributed by atoms with van der Waals surface area (Å²) in [7, 11) is 3.47. The molecule has 1 aromatic carbocycles. The summed E-state index contributed by atoms with van der Waals surface area (Å²) < 4.78 is 0. The van der Waals surface area contributed by atoms with E-state index in [4.69, 9.17) is 7.57 Å². The summed E-state index contributed by atoms with van der Waals surface area (Å²) in [6, 6.07) is 10.7. The van der Waals surface area contributed by atoms with Gasteiger partial charge in [0, 0.05) is 0 Å². The van der Waals surface area contributed by atoms with Gasteiger partial charge in [-0.1, -0.05) is 48.6 Å². The van der Waals surface area contributed by atoms with Gasteiger partial charge in [-0.2, -0.15) is 0 Å². The molecule has 4 heteroatoms. The van der Waals surface area contributed by atoms with Crippen molar-refractivity contribution in [2.45, 2.75) is 13.1 Å². The molecular weight excluding hydrogens is 209 g/mol. The zero-order valence-electron chi connectivity index (χ0n) is 10.5. The maximum Gasteiger partial charge on any atom is 1.00 e. The third kappa shape index (κ3) is 5.41. The summed E-state index contributed by atoms with van der Waals surface area (Å²) in [5.74, 6) is 2.44. The molecule has 0 saturated heterocycles. The fourth-order valence-corrected chi connectivity index (χ4v) is 10.1. The second kappa shape index (κ2) is 5.74. The van der Waals surface area contributed by atoms with E-state index in [1.54, 1.807) is 0 Å². The monoisotopic (exact) mass is 227 g/mol. The van der Waals surface area contributed by atoms with Crippen molar-refractivity contribution in [1.82, 2.24) is 0 Å². The molecule has 0 nitrogen and oxygen atoms in total. The average Bonchev–Trinajstić information content (AvgIpc) is 2.01. The minimum Gasteiger partial charge on any atom is -0.389 e. The molecule has 0 fully saturated rings. The third-order valence-electron chi connectivity index (χ3n) is 2.17. The normalized spacial score (nSPS) is 12.1. The molecule has 0 aromatic heterocycles. The molecule has 0 unspecified atom stereocenters. The largest absolute Gasteiger partial charge is 1.00 e. The summed E-state index contributed by atoms with van der Waals surface area (Å²) >= 11 is 0. The van der Waals surface area contributed by atoms with Crippen molar-refractivity contribution in [2.75, 3.05) is 13.3 Å². The quantitative estimate of drug-likeness (QED) is 0.377. The van der Waals surface area contributed by atoms with Gasteiger partial charge in [0.15, 0.2) is 0 Å². The summed E-state index contributed by atoms with van der Waals surface area (Å²) in [6.07, 6.45) is 0. The van der Waals surface area contributed by atoms with Crippen LogP contribution in [0.15, 0.2) is 30.3 Å². The van der Waals surface area contributed by atoms with Gasteiger partial charge >= 0.3 is 18.9 Å². The Balaban J connectivity index is 0.00000196. The summed E-state index contributed by atoms with van der Waals surface area (Å²) in [6.45, 7) is 9.06. The molecule has 0 aliphatic rings. The number of rotatable bonds is 3. The second-order valence-corrected chi connectivity index (χ2v) is 13.2. The molecule has 75 valence electrons. The number of benzene rings is 1. The van der Waals surface area contributed by atoms with E-state index < -0.39 is 15.2 Å². The molecule has 0 spiro atoms. The van der Waals surface area contributed by atoms with Gasteiger partial charge in [-0.25, -0.2) is 5.79 Å². The van der Waals surface area contributed by atoms with Gasteiger partial charge in [-0.15, -0.1) is 0 Å². The number of hydrogen-bond donors (Lipinski definition) is 0. The van der Waals surface area contributed by atoms with E-state index in [-0.39, 0.29) is 18.9 Å². The second-order valence-electron chi connectivity index (χ2n) is 4.85. The molecule has 0 aliphatic heterocycles. The first-order valence-corrected chi connectivity index (χ1v) is 10.8. The van der Waals surface area contributed by atoms with Crippen LogP contribution in [-0.2, 0) is 0 Å². The third-order valence-corrected chi connectivity index (χ3v) is 9.24. The van der Waals surface area contributed by atoms with Crippen LogP contribution < -0.4 is 24.0 Å². The minimum atomic E-state index is -1.42. The van der Waals surface area contributed by atoms with Gasteiger partial charge in [0.1, 0.15) is 0 Å². The van der Waals surface area contributed by atoms with E-state index in [2.05, 4.69) is 62.5 Å². The Morgan fingerprint density at radius 3 is 2.00 bits per heavy atom. The Bertz CT molecular complexity index is 295. The van der Waals surface area contributed by atoms with Crippen LogP contribution >= 0.6 is 7.14 Å². The fourth-order valence-electron chi connectivity index (χ4n) is 1.77. The summed E-state index contributed by atoms with van der Waals surface area (Å²) in [5.41, 5.74) is 0. The van der Waals surface area contributed by atoms with Gasteiger partial charge in [-0.05, 0) is 21.4 Å². The van der Waals surface area contributed by atoms with Crippen LogP contribution in [0.4, 0.5) is 0 Å². The van der Waals surface area contributed by atoms with E-state index in [9.17, 15) is 0 Å². The van der Waals surface area contributed by atoms with Crippen LogP contribution in [0, 0.1) is 5.79 Å². The van der Waals surface area contributed by atoms with Crippen LogP contribution in [0.1, 0.15) is 0 Å². The Labute approximate surface area is 109 Å². The molecule has 3 radical (unpaired) electrons. The zero-order valence-corrected chi connectivity index (χ0v) is 12.4. The van der Waals surface area contributed by atoms with E-state index in [1.807, 2.05) is 0 Å². The van der Waals surface area contributed by atoms with E-state index in [0.717, 1.165) is 0 Å². The van der Waals surface area contributed by atoms with E-state index in [1.165, 1.54) is 5.19 Å². The molecule has 1 rings (SSSR count). The molecule has 0 saturated carbocycles. The van der Waals surface area contributed by atoms with Gasteiger partial charge in [0.25, 0.3) is 0 Å². The maximum atomic E-state index is 6.15. The van der Waals surface area contributed by atoms with Crippen LogP contribution in [0.5, 0.6) is 0 Å². The molecule has 0 N–H and O–H groups in total. The first kappa shape index (κ1) is 15.5. The smallest absolute Gasteiger partial charge is 0.389 e. The van der Waals surface area contributed by atoms with Crippen LogP contribution in [0.25, 0.3) is 0 Å². The zero-order chi connectivity index (χ0) is 10.8. The minimum absolute atomic E-state index is 0. The predicted molar refractivity (Wildman–Crippen MR) is 72.4 cm³/mol. The van der Waals surface area contributed by atoms with Gasteiger partial charge < -0.3 is 14.7 Å². The molecule has 15 heavy (non-hydrogen) atoms. The maximum absolute atomic E-state index is 6.15. The Hall–Kier alpha value is 0.529. The standard InChI is InChI=1S/C11H18BPSi.Li/c1-13(2,12)10-14(3,4)11-8-6-5-7-9-11;/h5-10H,1-4H3;/q-1;+1. The molecule has 1 aromatic rings. The van der Waals surface area contributed by atoms with Crippen molar-refractivity contribution in [1.29, 1.82) is 0 Å². The molecule has 0 amide bonds. The molecular formula is C11H18BLiPSi. The Morgan fingerprint density at radius 2 is 1.60 bits per heavy atom. The summed E-state index contributed by atoms with van der Waals surface area (Å²) in [5, 5.41) is 1.47. The molecule has 0 heterocycles. The first-order valence-electron chi connectivity index (χ1n) is 4.86. The first-order chi connectivity index (χ1) is 6.31. The van der Waals surface area contributed by atoms with Crippen molar-refractivity contribution >= 4 is 28.0 Å². The van der Waals surface area contributed by atoms with Crippen molar-refractivity contribution < 1.29 is 18.9 Å².